The molecule has 1 aliphatic rings. The van der Waals surface area contributed by atoms with Gasteiger partial charge in [0.15, 0.2) is 0 Å². The highest BCUT2D eigenvalue weighted by molar-refractivity contribution is 6.08. The van der Waals surface area contributed by atoms with Crippen LogP contribution in [0.2, 0.25) is 0 Å². The largest absolute Gasteiger partial charge is 0.497 e. The average molecular weight is 359 g/mol. The van der Waals surface area contributed by atoms with Crippen molar-refractivity contribution in [2.45, 2.75) is 19.4 Å². The molecule has 1 aromatic heterocycles. The number of nitrogens with one attached hydrogen (secondary N) is 1. The fourth-order valence-electron chi connectivity index (χ4n) is 3.47. The Bertz CT molecular complexity index is 969. The standard InChI is InChI=1S/C22H21N3O2/c1-15-13-16-5-3-4-6-20(16)25(15)22(26)17-11-12-23-21(14-17)24-18-7-9-19(27-2)10-8-18/h3-12,14-15H,13H2,1-2H3,(H,23,24). The zero-order valence-electron chi connectivity index (χ0n) is 15.3. The van der Waals surface area contributed by atoms with Crippen LogP contribution in [-0.4, -0.2) is 24.0 Å². The number of pyridine rings is 1. The van der Waals surface area contributed by atoms with Crippen molar-refractivity contribution in [1.82, 2.24) is 4.98 Å². The highest BCUT2D eigenvalue weighted by atomic mass is 16.5. The third kappa shape index (κ3) is 3.36. The van der Waals surface area contributed by atoms with Gasteiger partial charge in [0, 0.05) is 29.2 Å². The number of carbonyl (C=O) groups excluding carboxylic acids is 1. The van der Waals surface area contributed by atoms with Crippen LogP contribution in [0.5, 0.6) is 5.75 Å². The number of para-hydroxylation sites is 1. The summed E-state index contributed by atoms with van der Waals surface area (Å²) in [4.78, 5) is 19.4. The summed E-state index contributed by atoms with van der Waals surface area (Å²) in [7, 11) is 1.64. The van der Waals surface area contributed by atoms with Crippen LogP contribution >= 0.6 is 0 Å². The minimum atomic E-state index is -0.00682. The zero-order chi connectivity index (χ0) is 18.8. The van der Waals surface area contributed by atoms with Gasteiger partial charge in [-0.2, -0.15) is 0 Å². The second-order valence-electron chi connectivity index (χ2n) is 6.64. The molecule has 2 aromatic carbocycles. The molecule has 4 rings (SSSR count). The molecule has 5 heteroatoms. The molecule has 0 saturated carbocycles. The van der Waals surface area contributed by atoms with Gasteiger partial charge in [-0.15, -0.1) is 0 Å². The molecule has 0 saturated heterocycles. The molecule has 1 atom stereocenters. The molecular weight excluding hydrogens is 338 g/mol. The van der Waals surface area contributed by atoms with Gasteiger partial charge in [-0.1, -0.05) is 18.2 Å². The number of anilines is 3. The summed E-state index contributed by atoms with van der Waals surface area (Å²) in [5.74, 6) is 1.41. The Hall–Kier alpha value is -3.34. The van der Waals surface area contributed by atoms with Crippen molar-refractivity contribution in [1.29, 1.82) is 0 Å². The SMILES string of the molecule is COc1ccc(Nc2cc(C(=O)N3c4ccccc4CC3C)ccn2)cc1. The molecule has 1 amide bonds. The summed E-state index contributed by atoms with van der Waals surface area (Å²) >= 11 is 0. The first-order valence-electron chi connectivity index (χ1n) is 8.94. The van der Waals surface area contributed by atoms with E-state index in [0.717, 1.165) is 23.5 Å². The van der Waals surface area contributed by atoms with Crippen LogP contribution in [0.3, 0.4) is 0 Å². The van der Waals surface area contributed by atoms with E-state index < -0.39 is 0 Å². The molecule has 3 aromatic rings. The number of benzene rings is 2. The van der Waals surface area contributed by atoms with Crippen LogP contribution < -0.4 is 15.0 Å². The number of methoxy groups -OCH3 is 1. The van der Waals surface area contributed by atoms with Crippen molar-refractivity contribution >= 4 is 23.1 Å². The van der Waals surface area contributed by atoms with E-state index in [9.17, 15) is 4.79 Å². The van der Waals surface area contributed by atoms with Crippen molar-refractivity contribution < 1.29 is 9.53 Å². The molecule has 1 aliphatic heterocycles. The van der Waals surface area contributed by atoms with Crippen molar-refractivity contribution in [2.75, 3.05) is 17.3 Å². The van der Waals surface area contributed by atoms with E-state index in [0.29, 0.717) is 11.4 Å². The monoisotopic (exact) mass is 359 g/mol. The van der Waals surface area contributed by atoms with Crippen molar-refractivity contribution in [2.24, 2.45) is 0 Å². The minimum Gasteiger partial charge on any atom is -0.497 e. The summed E-state index contributed by atoms with van der Waals surface area (Å²) < 4.78 is 5.17. The third-order valence-corrected chi connectivity index (χ3v) is 4.80. The fourth-order valence-corrected chi connectivity index (χ4v) is 3.47. The van der Waals surface area contributed by atoms with Gasteiger partial charge >= 0.3 is 0 Å². The van der Waals surface area contributed by atoms with Gasteiger partial charge < -0.3 is 15.0 Å². The molecule has 0 aliphatic carbocycles. The highest BCUT2D eigenvalue weighted by Crippen LogP contribution is 2.33. The summed E-state index contributed by atoms with van der Waals surface area (Å²) in [5.41, 5.74) is 3.71. The summed E-state index contributed by atoms with van der Waals surface area (Å²) in [6, 6.07) is 19.3. The van der Waals surface area contributed by atoms with Crippen molar-refractivity contribution in [3.05, 3.63) is 78.0 Å². The van der Waals surface area contributed by atoms with Crippen molar-refractivity contribution in [3.8, 4) is 5.75 Å². The van der Waals surface area contributed by atoms with E-state index >= 15 is 0 Å². The first kappa shape index (κ1) is 17.1. The highest BCUT2D eigenvalue weighted by Gasteiger charge is 2.31. The van der Waals surface area contributed by atoms with Crippen LogP contribution in [0.1, 0.15) is 22.8 Å². The van der Waals surface area contributed by atoms with Gasteiger partial charge in [0.25, 0.3) is 5.91 Å². The van der Waals surface area contributed by atoms with Gasteiger partial charge in [-0.3, -0.25) is 4.79 Å². The third-order valence-electron chi connectivity index (χ3n) is 4.80. The summed E-state index contributed by atoms with van der Waals surface area (Å²) in [6.07, 6.45) is 2.54. The number of aromatic nitrogens is 1. The van der Waals surface area contributed by atoms with E-state index in [-0.39, 0.29) is 11.9 Å². The van der Waals surface area contributed by atoms with Crippen LogP contribution in [0.4, 0.5) is 17.2 Å². The lowest BCUT2D eigenvalue weighted by Crippen LogP contribution is -2.35. The second-order valence-corrected chi connectivity index (χ2v) is 6.64. The van der Waals surface area contributed by atoms with E-state index in [2.05, 4.69) is 23.3 Å². The zero-order valence-corrected chi connectivity index (χ0v) is 15.3. The molecule has 2 heterocycles. The number of amides is 1. The number of nitrogens with zero attached hydrogens (tertiary/aromatic N) is 2. The fraction of sp³-hybridized carbons (Fsp3) is 0.182. The average Bonchev–Trinajstić information content (AvgIpc) is 3.04. The van der Waals surface area contributed by atoms with E-state index in [1.165, 1.54) is 5.56 Å². The Balaban J connectivity index is 1.57. The first-order chi connectivity index (χ1) is 13.2. The smallest absolute Gasteiger partial charge is 0.258 e. The lowest BCUT2D eigenvalue weighted by molar-refractivity contribution is 0.0981. The minimum absolute atomic E-state index is 0.00682. The van der Waals surface area contributed by atoms with Crippen LogP contribution in [0.25, 0.3) is 0 Å². The Labute approximate surface area is 158 Å². The maximum Gasteiger partial charge on any atom is 0.258 e. The van der Waals surface area contributed by atoms with E-state index in [1.807, 2.05) is 47.4 Å². The van der Waals surface area contributed by atoms with Gasteiger partial charge in [0.1, 0.15) is 11.6 Å². The summed E-state index contributed by atoms with van der Waals surface area (Å²) in [5, 5.41) is 3.23. The predicted octanol–water partition coefficient (Wildman–Crippen LogP) is 4.43. The van der Waals surface area contributed by atoms with Gasteiger partial charge in [0.2, 0.25) is 0 Å². The summed E-state index contributed by atoms with van der Waals surface area (Å²) in [6.45, 7) is 2.08. The second kappa shape index (κ2) is 7.11. The molecular formula is C22H21N3O2. The molecule has 0 radical (unpaired) electrons. The molecule has 5 nitrogen and oxygen atoms in total. The number of carbonyl (C=O) groups is 1. The van der Waals surface area contributed by atoms with Gasteiger partial charge in [-0.25, -0.2) is 4.98 Å². The Morgan fingerprint density at radius 1 is 1.15 bits per heavy atom. The van der Waals surface area contributed by atoms with Crippen LogP contribution in [0, 0.1) is 0 Å². The number of hydrogen-bond acceptors (Lipinski definition) is 4. The Morgan fingerprint density at radius 3 is 2.70 bits per heavy atom. The molecule has 1 N–H and O–H groups in total. The Morgan fingerprint density at radius 2 is 1.93 bits per heavy atom. The lowest BCUT2D eigenvalue weighted by atomic mass is 10.1. The van der Waals surface area contributed by atoms with Crippen molar-refractivity contribution in [3.63, 3.8) is 0 Å². The molecule has 1 unspecified atom stereocenters. The molecule has 0 fully saturated rings. The normalized spacial score (nSPS) is 15.3. The molecule has 27 heavy (non-hydrogen) atoms. The lowest BCUT2D eigenvalue weighted by Gasteiger charge is -2.23. The maximum atomic E-state index is 13.2. The molecule has 0 bridgehead atoms. The predicted molar refractivity (Wildman–Crippen MR) is 107 cm³/mol. The van der Waals surface area contributed by atoms with Gasteiger partial charge in [-0.05, 0) is 61.4 Å². The first-order valence-corrected chi connectivity index (χ1v) is 8.94. The molecule has 136 valence electrons. The van der Waals surface area contributed by atoms with Gasteiger partial charge in [0.05, 0.1) is 7.11 Å². The number of fused-ring (bicyclic) bond motifs is 1. The van der Waals surface area contributed by atoms with E-state index in [4.69, 9.17) is 4.74 Å². The Kier molecular flexibility index (Phi) is 4.50. The van der Waals surface area contributed by atoms with E-state index in [1.54, 1.807) is 25.4 Å². The number of ether oxygens (including phenoxy) is 1. The number of rotatable bonds is 4. The topological polar surface area (TPSA) is 54.5 Å². The van der Waals surface area contributed by atoms with Crippen LogP contribution in [0.15, 0.2) is 66.9 Å². The quantitative estimate of drug-likeness (QED) is 0.749. The van der Waals surface area contributed by atoms with Crippen LogP contribution in [-0.2, 0) is 6.42 Å². The number of hydrogen-bond donors (Lipinski definition) is 1. The maximum absolute atomic E-state index is 13.2. The molecule has 0 spiro atoms.